The first-order chi connectivity index (χ1) is 12.7. The molecule has 0 unspecified atom stereocenters. The second-order valence-corrected chi connectivity index (χ2v) is 6.18. The summed E-state index contributed by atoms with van der Waals surface area (Å²) in [5.74, 6) is 1.51. The van der Waals surface area contributed by atoms with Crippen molar-refractivity contribution < 1.29 is 9.47 Å². The maximum Gasteiger partial charge on any atom is 0.160 e. The van der Waals surface area contributed by atoms with Crippen molar-refractivity contribution in [1.29, 1.82) is 0 Å². The molecule has 2 aromatic carbocycles. The molecule has 5 heteroatoms. The van der Waals surface area contributed by atoms with E-state index in [4.69, 9.17) is 9.47 Å². The van der Waals surface area contributed by atoms with Crippen molar-refractivity contribution >= 4 is 0 Å². The van der Waals surface area contributed by atoms with E-state index in [9.17, 15) is 0 Å². The van der Waals surface area contributed by atoms with Crippen LogP contribution in [0.5, 0.6) is 11.5 Å². The number of benzene rings is 2. The molecule has 1 N–H and O–H groups in total. The standard InChI is InChI=1S/C21H25N3O2/c1-24-15-18(14-23-24)21(17-7-5-4-6-8-17)22-12-11-16-9-10-19(25-2)20(13-16)26-3/h4-10,13-15,21-22H,11-12H2,1-3H3/t21-/m0/s1. The summed E-state index contributed by atoms with van der Waals surface area (Å²) >= 11 is 0. The fourth-order valence-corrected chi connectivity index (χ4v) is 3.06. The zero-order valence-corrected chi connectivity index (χ0v) is 15.5. The van der Waals surface area contributed by atoms with Gasteiger partial charge in [0.15, 0.2) is 11.5 Å². The lowest BCUT2D eigenvalue weighted by Crippen LogP contribution is -2.24. The maximum absolute atomic E-state index is 5.39. The van der Waals surface area contributed by atoms with E-state index in [0.717, 1.165) is 30.0 Å². The topological polar surface area (TPSA) is 48.3 Å². The smallest absolute Gasteiger partial charge is 0.160 e. The summed E-state index contributed by atoms with van der Waals surface area (Å²) in [5.41, 5.74) is 3.59. The van der Waals surface area contributed by atoms with Crippen LogP contribution in [-0.2, 0) is 13.5 Å². The highest BCUT2D eigenvalue weighted by Crippen LogP contribution is 2.28. The van der Waals surface area contributed by atoms with E-state index in [2.05, 4.69) is 46.9 Å². The van der Waals surface area contributed by atoms with E-state index < -0.39 is 0 Å². The highest BCUT2D eigenvalue weighted by molar-refractivity contribution is 5.43. The number of nitrogens with one attached hydrogen (secondary N) is 1. The third kappa shape index (κ3) is 4.24. The monoisotopic (exact) mass is 351 g/mol. The van der Waals surface area contributed by atoms with Crippen molar-refractivity contribution in [2.24, 2.45) is 7.05 Å². The molecule has 3 rings (SSSR count). The molecule has 5 nitrogen and oxygen atoms in total. The first-order valence-electron chi connectivity index (χ1n) is 8.69. The summed E-state index contributed by atoms with van der Waals surface area (Å²) in [5, 5.41) is 7.97. The molecule has 0 saturated carbocycles. The van der Waals surface area contributed by atoms with Crippen molar-refractivity contribution in [3.8, 4) is 11.5 Å². The van der Waals surface area contributed by atoms with Gasteiger partial charge in [0.25, 0.3) is 0 Å². The normalized spacial score (nSPS) is 12.0. The zero-order valence-electron chi connectivity index (χ0n) is 15.5. The maximum atomic E-state index is 5.39. The highest BCUT2D eigenvalue weighted by atomic mass is 16.5. The van der Waals surface area contributed by atoms with Crippen LogP contribution in [0.4, 0.5) is 0 Å². The Hall–Kier alpha value is -2.79. The van der Waals surface area contributed by atoms with Gasteiger partial charge in [0.05, 0.1) is 26.5 Å². The Morgan fingerprint density at radius 1 is 1.00 bits per heavy atom. The molecule has 0 aliphatic carbocycles. The number of nitrogens with zero attached hydrogens (tertiary/aromatic N) is 2. The summed E-state index contributed by atoms with van der Waals surface area (Å²) in [6.45, 7) is 0.837. The van der Waals surface area contributed by atoms with E-state index in [1.54, 1.807) is 14.2 Å². The number of hydrogen-bond acceptors (Lipinski definition) is 4. The van der Waals surface area contributed by atoms with Crippen LogP contribution in [0.3, 0.4) is 0 Å². The molecule has 1 aromatic heterocycles. The number of methoxy groups -OCH3 is 2. The van der Waals surface area contributed by atoms with Gasteiger partial charge in [-0.15, -0.1) is 0 Å². The molecule has 0 radical (unpaired) electrons. The molecule has 0 spiro atoms. The van der Waals surface area contributed by atoms with Gasteiger partial charge in [0.1, 0.15) is 0 Å². The third-order valence-corrected chi connectivity index (χ3v) is 4.40. The summed E-state index contributed by atoms with van der Waals surface area (Å²) in [4.78, 5) is 0. The van der Waals surface area contributed by atoms with Gasteiger partial charge < -0.3 is 14.8 Å². The lowest BCUT2D eigenvalue weighted by atomic mass is 10.0. The van der Waals surface area contributed by atoms with Crippen LogP contribution in [0.2, 0.25) is 0 Å². The van der Waals surface area contributed by atoms with Crippen LogP contribution in [0, 0.1) is 0 Å². The van der Waals surface area contributed by atoms with E-state index in [1.807, 2.05) is 36.1 Å². The molecular weight excluding hydrogens is 326 g/mol. The van der Waals surface area contributed by atoms with Crippen LogP contribution in [0.25, 0.3) is 0 Å². The van der Waals surface area contributed by atoms with Crippen molar-refractivity contribution in [2.75, 3.05) is 20.8 Å². The van der Waals surface area contributed by atoms with Gasteiger partial charge in [-0.1, -0.05) is 36.4 Å². The molecule has 0 aliphatic heterocycles. The van der Waals surface area contributed by atoms with Gasteiger partial charge in [-0.05, 0) is 29.7 Å². The Labute approximate surface area is 154 Å². The molecule has 0 fully saturated rings. The predicted molar refractivity (Wildman–Crippen MR) is 103 cm³/mol. The molecule has 26 heavy (non-hydrogen) atoms. The van der Waals surface area contributed by atoms with Crippen molar-refractivity contribution in [1.82, 2.24) is 15.1 Å². The SMILES string of the molecule is COc1ccc(CCN[C@@H](c2ccccc2)c2cnn(C)c2)cc1OC. The van der Waals surface area contributed by atoms with E-state index >= 15 is 0 Å². The molecule has 3 aromatic rings. The second-order valence-electron chi connectivity index (χ2n) is 6.18. The summed E-state index contributed by atoms with van der Waals surface area (Å²) in [6, 6.07) is 16.6. The molecule has 1 heterocycles. The average molecular weight is 351 g/mol. The molecule has 0 bridgehead atoms. The minimum absolute atomic E-state index is 0.116. The number of hydrogen-bond donors (Lipinski definition) is 1. The summed E-state index contributed by atoms with van der Waals surface area (Å²) in [7, 11) is 5.25. The Balaban J connectivity index is 1.71. The number of aryl methyl sites for hydroxylation is 1. The van der Waals surface area contributed by atoms with Crippen LogP contribution >= 0.6 is 0 Å². The van der Waals surface area contributed by atoms with E-state index in [0.29, 0.717) is 0 Å². The average Bonchev–Trinajstić information content (AvgIpc) is 3.11. The van der Waals surface area contributed by atoms with Crippen molar-refractivity contribution in [3.05, 3.63) is 77.6 Å². The van der Waals surface area contributed by atoms with Crippen LogP contribution < -0.4 is 14.8 Å². The number of ether oxygens (including phenoxy) is 2. The lowest BCUT2D eigenvalue weighted by Gasteiger charge is -2.18. The van der Waals surface area contributed by atoms with Gasteiger partial charge in [0, 0.05) is 25.4 Å². The van der Waals surface area contributed by atoms with E-state index in [1.165, 1.54) is 11.1 Å². The fraction of sp³-hybridized carbons (Fsp3) is 0.286. The quantitative estimate of drug-likeness (QED) is 0.676. The molecule has 0 saturated heterocycles. The Bertz CT molecular complexity index is 830. The first kappa shape index (κ1) is 18.0. The lowest BCUT2D eigenvalue weighted by molar-refractivity contribution is 0.354. The van der Waals surface area contributed by atoms with Gasteiger partial charge >= 0.3 is 0 Å². The zero-order chi connectivity index (χ0) is 18.4. The molecule has 0 aliphatic rings. The van der Waals surface area contributed by atoms with E-state index in [-0.39, 0.29) is 6.04 Å². The Kier molecular flexibility index (Phi) is 5.92. The summed E-state index contributed by atoms with van der Waals surface area (Å²) < 4.78 is 12.5. The largest absolute Gasteiger partial charge is 0.493 e. The predicted octanol–water partition coefficient (Wildman–Crippen LogP) is 3.36. The molecule has 0 amide bonds. The van der Waals surface area contributed by atoms with Gasteiger partial charge in [-0.3, -0.25) is 4.68 Å². The van der Waals surface area contributed by atoms with Crippen LogP contribution in [0.1, 0.15) is 22.7 Å². The Morgan fingerprint density at radius 3 is 2.42 bits per heavy atom. The molecule has 136 valence electrons. The van der Waals surface area contributed by atoms with Crippen molar-refractivity contribution in [2.45, 2.75) is 12.5 Å². The minimum atomic E-state index is 0.116. The van der Waals surface area contributed by atoms with Gasteiger partial charge in [0.2, 0.25) is 0 Å². The van der Waals surface area contributed by atoms with Crippen LogP contribution in [-0.4, -0.2) is 30.5 Å². The third-order valence-electron chi connectivity index (χ3n) is 4.40. The van der Waals surface area contributed by atoms with Crippen molar-refractivity contribution in [3.63, 3.8) is 0 Å². The Morgan fingerprint density at radius 2 is 1.77 bits per heavy atom. The fourth-order valence-electron chi connectivity index (χ4n) is 3.06. The number of aromatic nitrogens is 2. The van der Waals surface area contributed by atoms with Crippen LogP contribution in [0.15, 0.2) is 60.9 Å². The molecule has 1 atom stereocenters. The number of rotatable bonds is 8. The van der Waals surface area contributed by atoms with Gasteiger partial charge in [-0.2, -0.15) is 5.10 Å². The second kappa shape index (κ2) is 8.54. The molecular formula is C21H25N3O2. The minimum Gasteiger partial charge on any atom is -0.493 e. The summed E-state index contributed by atoms with van der Waals surface area (Å²) in [6.07, 6.45) is 4.87. The van der Waals surface area contributed by atoms with Gasteiger partial charge in [-0.25, -0.2) is 0 Å². The first-order valence-corrected chi connectivity index (χ1v) is 8.69. The highest BCUT2D eigenvalue weighted by Gasteiger charge is 2.15.